The minimum Gasteiger partial charge on any atom is -0.444 e. The number of fused-ring (bicyclic) bond motifs is 1. The van der Waals surface area contributed by atoms with E-state index in [2.05, 4.69) is 65.1 Å². The quantitative estimate of drug-likeness (QED) is 0.550. The first-order chi connectivity index (χ1) is 12.8. The van der Waals surface area contributed by atoms with Crippen LogP contribution in [0.15, 0.2) is 24.3 Å². The van der Waals surface area contributed by atoms with E-state index in [1.54, 1.807) is 0 Å². The molecule has 1 aromatic carbocycles. The molecule has 1 aliphatic heterocycles. The van der Waals surface area contributed by atoms with Crippen LogP contribution in [0.3, 0.4) is 0 Å². The van der Waals surface area contributed by atoms with Crippen molar-refractivity contribution in [1.82, 2.24) is 4.90 Å². The summed E-state index contributed by atoms with van der Waals surface area (Å²) in [5, 5.41) is 0.139. The fourth-order valence-electron chi connectivity index (χ4n) is 3.47. The molecule has 2 atom stereocenters. The minimum absolute atomic E-state index is 0.0103. The third-order valence-corrected chi connectivity index (χ3v) is 10.5. The fourth-order valence-corrected chi connectivity index (χ4v) is 4.51. The van der Waals surface area contributed by atoms with Crippen LogP contribution in [0, 0.1) is 0 Å². The van der Waals surface area contributed by atoms with Gasteiger partial charge in [0.25, 0.3) is 0 Å². The number of benzene rings is 1. The van der Waals surface area contributed by atoms with Gasteiger partial charge in [0.05, 0.1) is 18.7 Å². The van der Waals surface area contributed by atoms with E-state index in [9.17, 15) is 4.79 Å². The van der Waals surface area contributed by atoms with Crippen molar-refractivity contribution >= 4 is 14.4 Å². The van der Waals surface area contributed by atoms with Crippen molar-refractivity contribution in [3.05, 3.63) is 35.4 Å². The zero-order valence-electron chi connectivity index (χ0n) is 19.3. The molecule has 2 rings (SSSR count). The Morgan fingerprint density at radius 3 is 2.29 bits per heavy atom. The van der Waals surface area contributed by atoms with Gasteiger partial charge < -0.3 is 9.16 Å². The number of hydrogen-bond acceptors (Lipinski definition) is 3. The smallest absolute Gasteiger partial charge is 0.411 e. The molecule has 0 fully saturated rings. The Balaban J connectivity index is 2.35. The Labute approximate surface area is 172 Å². The summed E-state index contributed by atoms with van der Waals surface area (Å²) in [6.45, 7) is 19.7. The van der Waals surface area contributed by atoms with Gasteiger partial charge in [0, 0.05) is 0 Å². The molecule has 0 N–H and O–H groups in total. The first kappa shape index (κ1) is 23.0. The number of rotatable bonds is 4. The molecule has 28 heavy (non-hydrogen) atoms. The fraction of sp³-hybridized carbons (Fsp3) is 0.696. The molecule has 0 aliphatic carbocycles. The Morgan fingerprint density at radius 2 is 1.75 bits per heavy atom. The zero-order chi connectivity index (χ0) is 21.3. The number of carbonyl (C=O) groups is 1. The van der Waals surface area contributed by atoms with Crippen LogP contribution in [0.25, 0.3) is 0 Å². The van der Waals surface area contributed by atoms with Gasteiger partial charge in [-0.3, -0.25) is 4.90 Å². The van der Waals surface area contributed by atoms with Crippen molar-refractivity contribution in [3.63, 3.8) is 0 Å². The van der Waals surface area contributed by atoms with Crippen LogP contribution in [0.2, 0.25) is 18.1 Å². The molecule has 0 spiro atoms. The predicted octanol–water partition coefficient (Wildman–Crippen LogP) is 6.32. The minimum atomic E-state index is -1.90. The Bertz CT molecular complexity index is 688. The Morgan fingerprint density at radius 1 is 1.14 bits per heavy atom. The molecule has 5 heteroatoms. The predicted molar refractivity (Wildman–Crippen MR) is 118 cm³/mol. The van der Waals surface area contributed by atoms with E-state index >= 15 is 0 Å². The van der Waals surface area contributed by atoms with Crippen molar-refractivity contribution in [2.75, 3.05) is 6.61 Å². The summed E-state index contributed by atoms with van der Waals surface area (Å²) in [7, 11) is -1.90. The van der Waals surface area contributed by atoms with E-state index in [0.29, 0.717) is 6.61 Å². The van der Waals surface area contributed by atoms with E-state index in [-0.39, 0.29) is 23.2 Å². The molecule has 0 bridgehead atoms. The maximum Gasteiger partial charge on any atom is 0.411 e. The SMILES string of the molecule is CC[C@@H]1c2ccccc2C[C@@H](CO[Si](C)(C)C(C)(C)C)N1C(=O)OC(C)(C)C. The molecule has 0 radical (unpaired) electrons. The van der Waals surface area contributed by atoms with Crippen LogP contribution in [-0.4, -0.2) is 37.6 Å². The third-order valence-electron chi connectivity index (χ3n) is 6.03. The second-order valence-corrected chi connectivity index (χ2v) is 15.2. The lowest BCUT2D eigenvalue weighted by Crippen LogP contribution is -2.53. The van der Waals surface area contributed by atoms with Gasteiger partial charge in [0.2, 0.25) is 0 Å². The van der Waals surface area contributed by atoms with Gasteiger partial charge in [-0.15, -0.1) is 0 Å². The van der Waals surface area contributed by atoms with E-state index in [4.69, 9.17) is 9.16 Å². The highest BCUT2D eigenvalue weighted by Crippen LogP contribution is 2.39. The second-order valence-electron chi connectivity index (χ2n) is 10.4. The molecule has 4 nitrogen and oxygen atoms in total. The van der Waals surface area contributed by atoms with Crippen molar-refractivity contribution < 1.29 is 14.0 Å². The van der Waals surface area contributed by atoms with Gasteiger partial charge in [-0.2, -0.15) is 0 Å². The number of amides is 1. The van der Waals surface area contributed by atoms with Crippen molar-refractivity contribution in [1.29, 1.82) is 0 Å². The largest absolute Gasteiger partial charge is 0.444 e. The average Bonchev–Trinajstić information content (AvgIpc) is 2.55. The van der Waals surface area contributed by atoms with Gasteiger partial charge in [0.1, 0.15) is 5.60 Å². The highest BCUT2D eigenvalue weighted by atomic mass is 28.4. The number of nitrogens with zero attached hydrogens (tertiary/aromatic N) is 1. The summed E-state index contributed by atoms with van der Waals surface area (Å²) < 4.78 is 12.3. The first-order valence-corrected chi connectivity index (χ1v) is 13.4. The van der Waals surface area contributed by atoms with Crippen LogP contribution in [-0.2, 0) is 15.6 Å². The molecule has 1 aliphatic rings. The van der Waals surface area contributed by atoms with Gasteiger partial charge in [0.15, 0.2) is 8.32 Å². The van der Waals surface area contributed by atoms with Crippen molar-refractivity contribution in [3.8, 4) is 0 Å². The normalized spacial score (nSPS) is 20.7. The van der Waals surface area contributed by atoms with Crippen LogP contribution < -0.4 is 0 Å². The van der Waals surface area contributed by atoms with E-state index in [0.717, 1.165) is 12.8 Å². The molecule has 0 saturated heterocycles. The van der Waals surface area contributed by atoms with Crippen LogP contribution in [0.5, 0.6) is 0 Å². The highest BCUT2D eigenvalue weighted by Gasteiger charge is 2.42. The average molecular weight is 406 g/mol. The molecule has 158 valence electrons. The van der Waals surface area contributed by atoms with Crippen molar-refractivity contribution in [2.45, 2.75) is 97.1 Å². The van der Waals surface area contributed by atoms with Crippen LogP contribution in [0.1, 0.15) is 72.1 Å². The number of ether oxygens (including phenoxy) is 1. The molecule has 1 amide bonds. The topological polar surface area (TPSA) is 38.8 Å². The monoisotopic (exact) mass is 405 g/mol. The highest BCUT2D eigenvalue weighted by molar-refractivity contribution is 6.74. The van der Waals surface area contributed by atoms with Gasteiger partial charge in [-0.25, -0.2) is 4.79 Å². The van der Waals surface area contributed by atoms with Gasteiger partial charge in [-0.1, -0.05) is 52.0 Å². The Hall–Kier alpha value is -1.33. The molecule has 1 aromatic rings. The van der Waals surface area contributed by atoms with Crippen LogP contribution >= 0.6 is 0 Å². The van der Waals surface area contributed by atoms with E-state index in [1.165, 1.54) is 11.1 Å². The molecule has 0 aromatic heterocycles. The van der Waals surface area contributed by atoms with E-state index in [1.807, 2.05) is 25.7 Å². The summed E-state index contributed by atoms with van der Waals surface area (Å²) >= 11 is 0. The third kappa shape index (κ3) is 5.18. The zero-order valence-corrected chi connectivity index (χ0v) is 20.3. The van der Waals surface area contributed by atoms with E-state index < -0.39 is 13.9 Å². The maximum atomic E-state index is 13.2. The summed E-state index contributed by atoms with van der Waals surface area (Å²) in [6, 6.07) is 8.48. The molecular weight excluding hydrogens is 366 g/mol. The molecule has 1 heterocycles. The Kier molecular flexibility index (Phi) is 6.71. The van der Waals surface area contributed by atoms with Crippen LogP contribution in [0.4, 0.5) is 4.79 Å². The summed E-state index contributed by atoms with van der Waals surface area (Å²) in [4.78, 5) is 15.1. The lowest BCUT2D eigenvalue weighted by atomic mass is 9.87. The standard InChI is InChI=1S/C23H39NO3Si/c1-10-20-19-14-12-11-13-17(19)15-18(16-26-28(8,9)23(5,6)7)24(20)21(25)27-22(2,3)4/h11-14,18,20H,10,15-16H2,1-9H3/t18-,20+/m0/s1. The molecule has 0 saturated carbocycles. The number of carbonyl (C=O) groups excluding carboxylic acids is 1. The number of hydrogen-bond donors (Lipinski definition) is 0. The lowest BCUT2D eigenvalue weighted by molar-refractivity contribution is -0.00669. The lowest BCUT2D eigenvalue weighted by Gasteiger charge is -2.45. The molecular formula is C23H39NO3Si. The van der Waals surface area contributed by atoms with Crippen molar-refractivity contribution in [2.24, 2.45) is 0 Å². The molecule has 0 unspecified atom stereocenters. The summed E-state index contributed by atoms with van der Waals surface area (Å²) in [5.41, 5.74) is 2.04. The summed E-state index contributed by atoms with van der Waals surface area (Å²) in [5.74, 6) is 0. The first-order valence-electron chi connectivity index (χ1n) is 10.5. The second kappa shape index (κ2) is 8.19. The summed E-state index contributed by atoms with van der Waals surface area (Å²) in [6.07, 6.45) is 1.42. The maximum absolute atomic E-state index is 13.2. The van der Waals surface area contributed by atoms with Gasteiger partial charge in [-0.05, 0) is 62.9 Å². The van der Waals surface area contributed by atoms with Gasteiger partial charge >= 0.3 is 6.09 Å².